The number of aliphatic hydroxyl groups excluding tert-OH is 1. The molecule has 28 heavy (non-hydrogen) atoms. The van der Waals surface area contributed by atoms with Crippen LogP contribution in [0.4, 0.5) is 4.39 Å². The summed E-state index contributed by atoms with van der Waals surface area (Å²) in [6.07, 6.45) is -0.614. The summed E-state index contributed by atoms with van der Waals surface area (Å²) in [6.45, 7) is 1.70. The van der Waals surface area contributed by atoms with Crippen LogP contribution in [0.15, 0.2) is 48.5 Å². The topological polar surface area (TPSA) is 92.9 Å². The Kier molecular flexibility index (Phi) is 6.33. The lowest BCUT2D eigenvalue weighted by Gasteiger charge is -2.19. The van der Waals surface area contributed by atoms with Crippen molar-refractivity contribution in [1.29, 1.82) is 0 Å². The number of halogens is 2. The van der Waals surface area contributed by atoms with Gasteiger partial charge in [-0.1, -0.05) is 35.9 Å². The van der Waals surface area contributed by atoms with Crippen molar-refractivity contribution in [1.82, 2.24) is 25.5 Å². The van der Waals surface area contributed by atoms with Crippen molar-refractivity contribution in [2.45, 2.75) is 25.5 Å². The Morgan fingerprint density at radius 1 is 1.21 bits per heavy atom. The first-order chi connectivity index (χ1) is 13.4. The number of benzene rings is 2. The molecule has 0 radical (unpaired) electrons. The van der Waals surface area contributed by atoms with Gasteiger partial charge < -0.3 is 10.4 Å². The molecule has 0 saturated carbocycles. The molecule has 0 bridgehead atoms. The average Bonchev–Trinajstić information content (AvgIpc) is 3.11. The van der Waals surface area contributed by atoms with Crippen molar-refractivity contribution >= 4 is 17.5 Å². The highest BCUT2D eigenvalue weighted by Gasteiger charge is 2.25. The number of amides is 1. The number of aryl methyl sites for hydroxylation is 1. The van der Waals surface area contributed by atoms with Crippen LogP contribution in [0.2, 0.25) is 5.02 Å². The van der Waals surface area contributed by atoms with Crippen molar-refractivity contribution in [3.63, 3.8) is 0 Å². The van der Waals surface area contributed by atoms with Crippen molar-refractivity contribution in [3.05, 3.63) is 76.3 Å². The van der Waals surface area contributed by atoms with Crippen LogP contribution in [0, 0.1) is 12.7 Å². The number of nitrogens with one attached hydrogen (secondary N) is 1. The summed E-state index contributed by atoms with van der Waals surface area (Å²) in [5, 5.41) is 24.9. The zero-order valence-electron chi connectivity index (χ0n) is 15.1. The minimum Gasteiger partial charge on any atom is -0.387 e. The van der Waals surface area contributed by atoms with Gasteiger partial charge in [0.15, 0.2) is 0 Å². The zero-order valence-corrected chi connectivity index (χ0v) is 15.8. The summed E-state index contributed by atoms with van der Waals surface area (Å²) < 4.78 is 14.6. The molecule has 9 heteroatoms. The monoisotopic (exact) mass is 403 g/mol. The molecule has 3 rings (SSSR count). The van der Waals surface area contributed by atoms with E-state index in [1.165, 1.54) is 16.8 Å². The van der Waals surface area contributed by atoms with E-state index in [4.69, 9.17) is 11.6 Å². The summed E-state index contributed by atoms with van der Waals surface area (Å²) >= 11 is 5.85. The molecular weight excluding hydrogens is 385 g/mol. The van der Waals surface area contributed by atoms with E-state index >= 15 is 0 Å². The highest BCUT2D eigenvalue weighted by Crippen LogP contribution is 2.18. The van der Waals surface area contributed by atoms with Gasteiger partial charge in [-0.3, -0.25) is 4.79 Å². The first-order valence-corrected chi connectivity index (χ1v) is 9.02. The first kappa shape index (κ1) is 19.9. The zero-order chi connectivity index (χ0) is 20.1. The highest BCUT2D eigenvalue weighted by atomic mass is 35.5. The number of carbonyl (C=O) groups is 1. The van der Waals surface area contributed by atoms with E-state index in [1.54, 1.807) is 43.3 Å². The summed E-state index contributed by atoms with van der Waals surface area (Å²) in [5.41, 5.74) is 1.40. The predicted octanol–water partition coefficient (Wildman–Crippen LogP) is 2.41. The lowest BCUT2D eigenvalue weighted by molar-refractivity contribution is -0.125. The standard InChI is InChI=1S/C19H19ClFN5O2/c1-12-23-24-25-26(12)17(10-13-2-8-16(21)9-3-13)19(28)22-11-18(27)14-4-6-15(20)7-5-14/h2-9,17-18,27H,10-11H2,1H3,(H,22,28). The fraction of sp³-hybridized carbons (Fsp3) is 0.263. The molecule has 2 aromatic carbocycles. The quantitative estimate of drug-likeness (QED) is 0.632. The van der Waals surface area contributed by atoms with Crippen molar-refractivity contribution in [3.8, 4) is 0 Å². The molecule has 7 nitrogen and oxygen atoms in total. The number of aromatic nitrogens is 4. The third-order valence-corrected chi connectivity index (χ3v) is 4.57. The summed E-state index contributed by atoms with van der Waals surface area (Å²) in [5.74, 6) is -0.234. The second kappa shape index (κ2) is 8.90. The molecule has 2 unspecified atom stereocenters. The van der Waals surface area contributed by atoms with Crippen molar-refractivity contribution in [2.75, 3.05) is 6.54 Å². The fourth-order valence-corrected chi connectivity index (χ4v) is 2.90. The normalized spacial score (nSPS) is 13.1. The largest absolute Gasteiger partial charge is 0.387 e. The van der Waals surface area contributed by atoms with E-state index in [2.05, 4.69) is 20.8 Å². The minimum atomic E-state index is -0.886. The van der Waals surface area contributed by atoms with Crippen LogP contribution >= 0.6 is 11.6 Å². The van der Waals surface area contributed by atoms with Crippen LogP contribution in [0.3, 0.4) is 0 Å². The maximum absolute atomic E-state index is 13.2. The van der Waals surface area contributed by atoms with Gasteiger partial charge in [0.2, 0.25) is 5.91 Å². The van der Waals surface area contributed by atoms with E-state index in [-0.39, 0.29) is 24.7 Å². The predicted molar refractivity (Wildman–Crippen MR) is 101 cm³/mol. The van der Waals surface area contributed by atoms with E-state index in [1.807, 2.05) is 0 Å². The summed E-state index contributed by atoms with van der Waals surface area (Å²) in [7, 11) is 0. The number of aliphatic hydroxyl groups is 1. The Labute approximate surface area is 166 Å². The second-order valence-electron chi connectivity index (χ2n) is 6.33. The number of hydrogen-bond acceptors (Lipinski definition) is 5. The third-order valence-electron chi connectivity index (χ3n) is 4.32. The Morgan fingerprint density at radius 2 is 1.89 bits per heavy atom. The third kappa shape index (κ3) is 4.90. The van der Waals surface area contributed by atoms with E-state index in [0.29, 0.717) is 16.4 Å². The Balaban J connectivity index is 1.72. The van der Waals surface area contributed by atoms with Gasteiger partial charge in [0.1, 0.15) is 17.7 Å². The smallest absolute Gasteiger partial charge is 0.245 e. The molecule has 0 spiro atoms. The molecule has 3 aromatic rings. The minimum absolute atomic E-state index is 0.0154. The number of nitrogens with zero attached hydrogens (tertiary/aromatic N) is 4. The van der Waals surface area contributed by atoms with E-state index in [9.17, 15) is 14.3 Å². The Bertz CT molecular complexity index is 930. The van der Waals surface area contributed by atoms with Crippen molar-refractivity contribution in [2.24, 2.45) is 0 Å². The van der Waals surface area contributed by atoms with Crippen LogP contribution in [-0.4, -0.2) is 37.8 Å². The molecular formula is C19H19ClFN5O2. The average molecular weight is 404 g/mol. The molecule has 2 N–H and O–H groups in total. The van der Waals surface area contributed by atoms with Gasteiger partial charge in [0, 0.05) is 18.0 Å². The lowest BCUT2D eigenvalue weighted by Crippen LogP contribution is -2.37. The van der Waals surface area contributed by atoms with E-state index < -0.39 is 12.1 Å². The Morgan fingerprint density at radius 3 is 2.50 bits per heavy atom. The van der Waals surface area contributed by atoms with E-state index in [0.717, 1.165) is 5.56 Å². The van der Waals surface area contributed by atoms with Gasteiger partial charge in [-0.25, -0.2) is 9.07 Å². The molecule has 0 fully saturated rings. The maximum Gasteiger partial charge on any atom is 0.245 e. The van der Waals surface area contributed by atoms with Gasteiger partial charge in [0.25, 0.3) is 0 Å². The molecule has 2 atom stereocenters. The highest BCUT2D eigenvalue weighted by molar-refractivity contribution is 6.30. The second-order valence-corrected chi connectivity index (χ2v) is 6.77. The summed E-state index contributed by atoms with van der Waals surface area (Å²) in [4.78, 5) is 12.8. The Hall–Kier alpha value is -2.84. The van der Waals surface area contributed by atoms with Gasteiger partial charge in [-0.05, 0) is 52.7 Å². The van der Waals surface area contributed by atoms with Gasteiger partial charge in [-0.15, -0.1) is 5.10 Å². The molecule has 0 aliphatic rings. The molecule has 0 aliphatic heterocycles. The van der Waals surface area contributed by atoms with Crippen LogP contribution in [0.1, 0.15) is 29.1 Å². The molecule has 146 valence electrons. The van der Waals surface area contributed by atoms with Crippen LogP contribution in [0.5, 0.6) is 0 Å². The molecule has 1 heterocycles. The van der Waals surface area contributed by atoms with Gasteiger partial charge in [-0.2, -0.15) is 0 Å². The fourth-order valence-electron chi connectivity index (χ4n) is 2.78. The molecule has 1 amide bonds. The van der Waals surface area contributed by atoms with Crippen molar-refractivity contribution < 1.29 is 14.3 Å². The first-order valence-electron chi connectivity index (χ1n) is 8.64. The van der Waals surface area contributed by atoms with Gasteiger partial charge >= 0.3 is 0 Å². The van der Waals surface area contributed by atoms with Crippen LogP contribution in [-0.2, 0) is 11.2 Å². The summed E-state index contributed by atoms with van der Waals surface area (Å²) in [6, 6.07) is 11.9. The number of tetrazole rings is 1. The number of carbonyl (C=O) groups excluding carboxylic acids is 1. The number of rotatable bonds is 7. The number of hydrogen-bond donors (Lipinski definition) is 2. The van der Waals surface area contributed by atoms with Crippen LogP contribution < -0.4 is 5.32 Å². The molecule has 0 aliphatic carbocycles. The molecule has 0 saturated heterocycles. The molecule has 1 aromatic heterocycles. The SMILES string of the molecule is Cc1nnnn1C(Cc1ccc(F)cc1)C(=O)NCC(O)c1ccc(Cl)cc1. The maximum atomic E-state index is 13.2. The van der Waals surface area contributed by atoms with Crippen LogP contribution in [0.25, 0.3) is 0 Å². The lowest BCUT2D eigenvalue weighted by atomic mass is 10.0. The van der Waals surface area contributed by atoms with Gasteiger partial charge in [0.05, 0.1) is 6.10 Å².